The molecule has 0 aliphatic carbocycles. The van der Waals surface area contributed by atoms with E-state index in [1.54, 1.807) is 37.3 Å². The Labute approximate surface area is 158 Å². The van der Waals surface area contributed by atoms with Crippen LogP contribution in [-0.4, -0.2) is 32.1 Å². The first-order chi connectivity index (χ1) is 12.4. The van der Waals surface area contributed by atoms with Crippen LogP contribution in [0, 0.1) is 0 Å². The highest BCUT2D eigenvalue weighted by atomic mass is 79.9. The normalized spacial score (nSPS) is 15.4. The van der Waals surface area contributed by atoms with E-state index in [9.17, 15) is 9.59 Å². The van der Waals surface area contributed by atoms with Crippen molar-refractivity contribution in [3.63, 3.8) is 0 Å². The van der Waals surface area contributed by atoms with Crippen molar-refractivity contribution in [3.8, 4) is 17.2 Å². The highest BCUT2D eigenvalue weighted by molar-refractivity contribution is 9.10. The van der Waals surface area contributed by atoms with Gasteiger partial charge in [0.2, 0.25) is 0 Å². The molecule has 26 heavy (non-hydrogen) atoms. The summed E-state index contributed by atoms with van der Waals surface area (Å²) in [5.74, 6) is 0.945. The van der Waals surface area contributed by atoms with Crippen LogP contribution in [0.15, 0.2) is 34.8 Å². The van der Waals surface area contributed by atoms with Gasteiger partial charge in [-0.1, -0.05) is 0 Å². The maximum atomic E-state index is 12.6. The molecule has 0 spiro atoms. The first-order valence-corrected chi connectivity index (χ1v) is 8.56. The molecule has 1 aliphatic rings. The molecule has 2 amide bonds. The van der Waals surface area contributed by atoms with E-state index in [4.69, 9.17) is 14.2 Å². The largest absolute Gasteiger partial charge is 0.495 e. The number of amides is 2. The molecule has 2 aromatic rings. The van der Waals surface area contributed by atoms with E-state index in [0.29, 0.717) is 38.7 Å². The van der Waals surface area contributed by atoms with Crippen LogP contribution in [0.2, 0.25) is 0 Å². The van der Waals surface area contributed by atoms with Crippen LogP contribution in [-0.2, 0) is 4.79 Å². The summed E-state index contributed by atoms with van der Waals surface area (Å²) >= 11 is 3.37. The van der Waals surface area contributed by atoms with Gasteiger partial charge < -0.3 is 24.8 Å². The lowest BCUT2D eigenvalue weighted by atomic mass is 10.1. The average Bonchev–Trinajstić information content (AvgIpc) is 2.63. The Balaban J connectivity index is 1.85. The summed E-state index contributed by atoms with van der Waals surface area (Å²) in [6.07, 6.45) is -0.550. The van der Waals surface area contributed by atoms with Gasteiger partial charge >= 0.3 is 0 Å². The van der Waals surface area contributed by atoms with Crippen LogP contribution in [0.5, 0.6) is 17.2 Å². The number of halogens is 1. The van der Waals surface area contributed by atoms with Crippen molar-refractivity contribution in [1.29, 1.82) is 0 Å². The summed E-state index contributed by atoms with van der Waals surface area (Å²) in [5.41, 5.74) is 1.40. The van der Waals surface area contributed by atoms with Crippen molar-refractivity contribution in [1.82, 2.24) is 0 Å². The molecule has 8 heteroatoms. The minimum absolute atomic E-state index is 0.233. The molecule has 2 aromatic carbocycles. The van der Waals surface area contributed by atoms with Gasteiger partial charge in [-0.25, -0.2) is 0 Å². The number of hydrogen-bond acceptors (Lipinski definition) is 5. The molecule has 1 aliphatic heterocycles. The van der Waals surface area contributed by atoms with E-state index in [1.165, 1.54) is 14.2 Å². The molecule has 7 nitrogen and oxygen atoms in total. The van der Waals surface area contributed by atoms with Crippen LogP contribution >= 0.6 is 15.9 Å². The lowest BCUT2D eigenvalue weighted by Gasteiger charge is -2.23. The molecule has 0 bridgehead atoms. The van der Waals surface area contributed by atoms with E-state index in [2.05, 4.69) is 26.6 Å². The lowest BCUT2D eigenvalue weighted by molar-refractivity contribution is -0.122. The number of methoxy groups -OCH3 is 2. The second kappa shape index (κ2) is 7.25. The summed E-state index contributed by atoms with van der Waals surface area (Å²) in [6, 6.07) is 8.25. The molecule has 1 atom stereocenters. The monoisotopic (exact) mass is 420 g/mol. The smallest absolute Gasteiger partial charge is 0.265 e. The van der Waals surface area contributed by atoms with Gasteiger partial charge in [0.15, 0.2) is 6.10 Å². The van der Waals surface area contributed by atoms with Gasteiger partial charge in [0.25, 0.3) is 11.8 Å². The number of nitrogens with one attached hydrogen (secondary N) is 2. The summed E-state index contributed by atoms with van der Waals surface area (Å²) in [6.45, 7) is 1.67. The van der Waals surface area contributed by atoms with E-state index in [0.717, 1.165) is 0 Å². The number of benzene rings is 2. The molecule has 0 saturated heterocycles. The SMILES string of the molecule is COc1cc(C(=O)Nc2ccc3c(c2)NC(=O)C(C)O3)cc(OC)c1Br. The van der Waals surface area contributed by atoms with Crippen molar-refractivity contribution >= 4 is 39.1 Å². The van der Waals surface area contributed by atoms with Crippen LogP contribution in [0.4, 0.5) is 11.4 Å². The molecule has 0 radical (unpaired) electrons. The zero-order valence-electron chi connectivity index (χ0n) is 14.4. The van der Waals surface area contributed by atoms with E-state index in [-0.39, 0.29) is 11.8 Å². The summed E-state index contributed by atoms with van der Waals surface area (Å²) in [5, 5.41) is 5.53. The Hall–Kier alpha value is -2.74. The number of carbonyl (C=O) groups is 2. The third-order valence-corrected chi connectivity index (χ3v) is 4.66. The van der Waals surface area contributed by atoms with Gasteiger partial charge in [-0.15, -0.1) is 0 Å². The Morgan fingerprint density at radius 1 is 1.19 bits per heavy atom. The van der Waals surface area contributed by atoms with Gasteiger partial charge in [0.1, 0.15) is 21.7 Å². The maximum Gasteiger partial charge on any atom is 0.265 e. The van der Waals surface area contributed by atoms with Gasteiger partial charge in [-0.3, -0.25) is 9.59 Å². The molecule has 0 aromatic heterocycles. The summed E-state index contributed by atoms with van der Waals surface area (Å²) in [7, 11) is 3.02. The second-order valence-electron chi connectivity index (χ2n) is 5.61. The van der Waals surface area contributed by atoms with Crippen molar-refractivity contribution < 1.29 is 23.8 Å². The predicted molar refractivity (Wildman–Crippen MR) is 100 cm³/mol. The highest BCUT2D eigenvalue weighted by Crippen LogP contribution is 2.36. The predicted octanol–water partition coefficient (Wildman–Crippen LogP) is 3.44. The number of carbonyl (C=O) groups excluding carboxylic acids is 2. The zero-order valence-corrected chi connectivity index (χ0v) is 16.0. The van der Waals surface area contributed by atoms with Crippen molar-refractivity contribution in [2.75, 3.05) is 24.9 Å². The maximum absolute atomic E-state index is 12.6. The first kappa shape index (κ1) is 18.1. The Morgan fingerprint density at radius 2 is 1.85 bits per heavy atom. The minimum atomic E-state index is -0.550. The lowest BCUT2D eigenvalue weighted by Crippen LogP contribution is -2.34. The van der Waals surface area contributed by atoms with Gasteiger partial charge in [-0.2, -0.15) is 0 Å². The molecular formula is C18H17BrN2O5. The quantitative estimate of drug-likeness (QED) is 0.790. The van der Waals surface area contributed by atoms with Crippen LogP contribution < -0.4 is 24.8 Å². The third-order valence-electron chi connectivity index (χ3n) is 3.88. The van der Waals surface area contributed by atoms with Crippen LogP contribution in [0.1, 0.15) is 17.3 Å². The second-order valence-corrected chi connectivity index (χ2v) is 6.40. The van der Waals surface area contributed by atoms with Crippen LogP contribution in [0.3, 0.4) is 0 Å². The number of hydrogen-bond donors (Lipinski definition) is 2. The standard InChI is InChI=1S/C18H17BrN2O5/c1-9-17(22)21-12-8-11(4-5-13(12)26-9)20-18(23)10-6-14(24-2)16(19)15(7-10)25-3/h4-9H,1-3H3,(H,20,23)(H,21,22). The number of ether oxygens (including phenoxy) is 3. The first-order valence-electron chi connectivity index (χ1n) is 7.77. The van der Waals surface area contributed by atoms with Crippen molar-refractivity contribution in [2.45, 2.75) is 13.0 Å². The van der Waals surface area contributed by atoms with Crippen LogP contribution in [0.25, 0.3) is 0 Å². The molecular weight excluding hydrogens is 404 g/mol. The molecule has 1 unspecified atom stereocenters. The van der Waals surface area contributed by atoms with Crippen molar-refractivity contribution in [2.24, 2.45) is 0 Å². The summed E-state index contributed by atoms with van der Waals surface area (Å²) in [4.78, 5) is 24.3. The highest BCUT2D eigenvalue weighted by Gasteiger charge is 2.24. The van der Waals surface area contributed by atoms with Crippen molar-refractivity contribution in [3.05, 3.63) is 40.4 Å². The fourth-order valence-corrected chi connectivity index (χ4v) is 3.04. The Bertz CT molecular complexity index is 859. The van der Waals surface area contributed by atoms with E-state index in [1.807, 2.05) is 0 Å². The average molecular weight is 421 g/mol. The van der Waals surface area contributed by atoms with Gasteiger partial charge in [0, 0.05) is 11.3 Å². The number of anilines is 2. The molecule has 1 heterocycles. The molecule has 0 fully saturated rings. The molecule has 2 N–H and O–H groups in total. The number of fused-ring (bicyclic) bond motifs is 1. The van der Waals surface area contributed by atoms with Gasteiger partial charge in [0.05, 0.1) is 19.9 Å². The van der Waals surface area contributed by atoms with E-state index >= 15 is 0 Å². The zero-order chi connectivity index (χ0) is 18.8. The fourth-order valence-electron chi connectivity index (χ4n) is 2.49. The van der Waals surface area contributed by atoms with E-state index < -0.39 is 6.10 Å². The molecule has 3 rings (SSSR count). The topological polar surface area (TPSA) is 85.9 Å². The van der Waals surface area contributed by atoms with Gasteiger partial charge in [-0.05, 0) is 53.2 Å². The summed E-state index contributed by atoms with van der Waals surface area (Å²) < 4.78 is 16.6. The number of rotatable bonds is 4. The molecule has 0 saturated carbocycles. The molecule has 136 valence electrons. The third kappa shape index (κ3) is 3.45. The Morgan fingerprint density at radius 3 is 2.46 bits per heavy atom. The minimum Gasteiger partial charge on any atom is -0.495 e. The fraction of sp³-hybridized carbons (Fsp3) is 0.222. The Kier molecular flexibility index (Phi) is 5.03.